The molecular formula is C22H38O3. The van der Waals surface area contributed by atoms with Gasteiger partial charge >= 0.3 is 11.9 Å². The number of allylic oxidation sites excluding steroid dienone is 3. The first-order valence-corrected chi connectivity index (χ1v) is 10.2. The summed E-state index contributed by atoms with van der Waals surface area (Å²) in [5.41, 5.74) is 0. The number of esters is 2. The molecule has 0 N–H and O–H groups in total. The van der Waals surface area contributed by atoms with Crippen molar-refractivity contribution < 1.29 is 14.3 Å². The summed E-state index contributed by atoms with van der Waals surface area (Å²) in [5.74, 6) is -1.00. The van der Waals surface area contributed by atoms with Gasteiger partial charge < -0.3 is 4.74 Å². The van der Waals surface area contributed by atoms with E-state index in [1.54, 1.807) is 18.2 Å². The molecule has 0 aliphatic carbocycles. The standard InChI is InChI=1S/C22H38O3/c1-3-5-7-8-9-10-11-12-13-14-15-16-18-20-22(24)25-21(23)19-17-6-4-2/h4,6,17,19H,3,5,7-16,18,20H2,1-2H3/b6-4+,19-17+. The molecule has 0 bridgehead atoms. The molecule has 0 rings (SSSR count). The minimum atomic E-state index is -0.585. The summed E-state index contributed by atoms with van der Waals surface area (Å²) in [6.45, 7) is 4.11. The van der Waals surface area contributed by atoms with Crippen LogP contribution in [0.3, 0.4) is 0 Å². The number of carbonyl (C=O) groups excluding carboxylic acids is 2. The Hall–Kier alpha value is -1.38. The molecule has 0 amide bonds. The SMILES string of the molecule is C/C=C/C=C/C(=O)OC(=O)CCCCCCCCCCCCCCC. The van der Waals surface area contributed by atoms with E-state index in [0.717, 1.165) is 12.8 Å². The summed E-state index contributed by atoms with van der Waals surface area (Å²) < 4.78 is 4.71. The first kappa shape index (κ1) is 23.6. The number of hydrogen-bond donors (Lipinski definition) is 0. The normalized spacial score (nSPS) is 11.4. The minimum Gasteiger partial charge on any atom is -0.390 e. The lowest BCUT2D eigenvalue weighted by molar-refractivity contribution is -0.156. The van der Waals surface area contributed by atoms with E-state index in [1.165, 1.54) is 76.7 Å². The molecule has 3 heteroatoms. The Kier molecular flexibility index (Phi) is 17.9. The highest BCUT2D eigenvalue weighted by molar-refractivity contribution is 5.92. The second kappa shape index (κ2) is 19.0. The minimum absolute atomic E-state index is 0.334. The van der Waals surface area contributed by atoms with Crippen LogP contribution in [0, 0.1) is 0 Å². The monoisotopic (exact) mass is 350 g/mol. The van der Waals surface area contributed by atoms with Crippen molar-refractivity contribution in [3.63, 3.8) is 0 Å². The van der Waals surface area contributed by atoms with Gasteiger partial charge in [0.1, 0.15) is 0 Å². The summed E-state index contributed by atoms with van der Waals surface area (Å²) in [7, 11) is 0. The fourth-order valence-electron chi connectivity index (χ4n) is 2.73. The molecule has 0 saturated heterocycles. The summed E-state index contributed by atoms with van der Waals surface area (Å²) in [6, 6.07) is 0. The maximum Gasteiger partial charge on any atom is 0.338 e. The van der Waals surface area contributed by atoms with E-state index in [2.05, 4.69) is 6.92 Å². The Bertz CT molecular complexity index is 383. The zero-order valence-electron chi connectivity index (χ0n) is 16.4. The zero-order valence-corrected chi connectivity index (χ0v) is 16.4. The van der Waals surface area contributed by atoms with Crippen molar-refractivity contribution in [3.8, 4) is 0 Å². The van der Waals surface area contributed by atoms with Crippen LogP contribution in [0.15, 0.2) is 24.3 Å². The van der Waals surface area contributed by atoms with Gasteiger partial charge in [-0.05, 0) is 13.3 Å². The maximum atomic E-state index is 11.5. The predicted molar refractivity (Wildman–Crippen MR) is 105 cm³/mol. The van der Waals surface area contributed by atoms with E-state index in [0.29, 0.717) is 6.42 Å². The lowest BCUT2D eigenvalue weighted by Crippen LogP contribution is -2.09. The van der Waals surface area contributed by atoms with Gasteiger partial charge in [-0.1, -0.05) is 102 Å². The van der Waals surface area contributed by atoms with E-state index in [4.69, 9.17) is 4.74 Å². The van der Waals surface area contributed by atoms with Crippen LogP contribution in [0.5, 0.6) is 0 Å². The van der Waals surface area contributed by atoms with Gasteiger partial charge in [-0.3, -0.25) is 4.79 Å². The average Bonchev–Trinajstić information content (AvgIpc) is 2.59. The summed E-state index contributed by atoms with van der Waals surface area (Å²) in [4.78, 5) is 22.8. The molecule has 0 fully saturated rings. The van der Waals surface area contributed by atoms with E-state index in [1.807, 2.05) is 6.92 Å². The van der Waals surface area contributed by atoms with Gasteiger partial charge in [0.2, 0.25) is 0 Å². The molecule has 0 atom stereocenters. The molecule has 0 heterocycles. The molecule has 0 aromatic heterocycles. The highest BCUT2D eigenvalue weighted by atomic mass is 16.6. The average molecular weight is 351 g/mol. The Morgan fingerprint density at radius 1 is 0.720 bits per heavy atom. The zero-order chi connectivity index (χ0) is 18.6. The molecule has 0 aliphatic rings. The Morgan fingerprint density at radius 2 is 1.20 bits per heavy atom. The molecule has 144 valence electrons. The highest BCUT2D eigenvalue weighted by Gasteiger charge is 2.06. The maximum absolute atomic E-state index is 11.5. The Labute approximate surface area is 154 Å². The van der Waals surface area contributed by atoms with Crippen LogP contribution >= 0.6 is 0 Å². The molecule has 25 heavy (non-hydrogen) atoms. The van der Waals surface area contributed by atoms with Gasteiger partial charge in [0.05, 0.1) is 0 Å². The molecule has 0 aliphatic heterocycles. The van der Waals surface area contributed by atoms with Crippen molar-refractivity contribution in [2.24, 2.45) is 0 Å². The number of carbonyl (C=O) groups is 2. The van der Waals surface area contributed by atoms with E-state index >= 15 is 0 Å². The lowest BCUT2D eigenvalue weighted by atomic mass is 10.0. The third-order valence-electron chi connectivity index (χ3n) is 4.23. The highest BCUT2D eigenvalue weighted by Crippen LogP contribution is 2.13. The molecule has 0 unspecified atom stereocenters. The van der Waals surface area contributed by atoms with Crippen molar-refractivity contribution in [1.29, 1.82) is 0 Å². The van der Waals surface area contributed by atoms with Gasteiger partial charge in [0.15, 0.2) is 0 Å². The van der Waals surface area contributed by atoms with E-state index in [9.17, 15) is 9.59 Å². The van der Waals surface area contributed by atoms with Crippen molar-refractivity contribution in [2.45, 2.75) is 104 Å². The number of rotatable bonds is 16. The van der Waals surface area contributed by atoms with Crippen LogP contribution in [0.2, 0.25) is 0 Å². The second-order valence-electron chi connectivity index (χ2n) is 6.67. The van der Waals surface area contributed by atoms with Gasteiger partial charge in [0.25, 0.3) is 0 Å². The second-order valence-corrected chi connectivity index (χ2v) is 6.67. The van der Waals surface area contributed by atoms with Crippen LogP contribution < -0.4 is 0 Å². The van der Waals surface area contributed by atoms with Crippen molar-refractivity contribution >= 4 is 11.9 Å². The van der Waals surface area contributed by atoms with Crippen molar-refractivity contribution in [3.05, 3.63) is 24.3 Å². The third-order valence-corrected chi connectivity index (χ3v) is 4.23. The fraction of sp³-hybridized carbons (Fsp3) is 0.727. The molecule has 0 spiro atoms. The summed E-state index contributed by atoms with van der Waals surface area (Å²) >= 11 is 0. The molecular weight excluding hydrogens is 312 g/mol. The quantitative estimate of drug-likeness (QED) is 0.103. The van der Waals surface area contributed by atoms with Crippen LogP contribution in [0.25, 0.3) is 0 Å². The van der Waals surface area contributed by atoms with Gasteiger partial charge in [-0.2, -0.15) is 0 Å². The van der Waals surface area contributed by atoms with Crippen molar-refractivity contribution in [2.75, 3.05) is 0 Å². The van der Waals surface area contributed by atoms with Crippen LogP contribution in [-0.4, -0.2) is 11.9 Å². The summed E-state index contributed by atoms with van der Waals surface area (Å²) in [5, 5.41) is 0. The first-order valence-electron chi connectivity index (χ1n) is 10.2. The lowest BCUT2D eigenvalue weighted by Gasteiger charge is -2.03. The predicted octanol–water partition coefficient (Wildman–Crippen LogP) is 6.67. The first-order chi connectivity index (χ1) is 12.2. The number of ether oxygens (including phenoxy) is 1. The fourth-order valence-corrected chi connectivity index (χ4v) is 2.73. The molecule has 0 radical (unpaired) electrons. The van der Waals surface area contributed by atoms with E-state index < -0.39 is 11.9 Å². The Morgan fingerprint density at radius 3 is 1.68 bits per heavy atom. The molecule has 3 nitrogen and oxygen atoms in total. The number of hydrogen-bond acceptors (Lipinski definition) is 3. The third kappa shape index (κ3) is 18.8. The molecule has 0 aromatic carbocycles. The van der Waals surface area contributed by atoms with Gasteiger partial charge in [-0.15, -0.1) is 0 Å². The van der Waals surface area contributed by atoms with Gasteiger partial charge in [0, 0.05) is 12.5 Å². The van der Waals surface area contributed by atoms with Crippen molar-refractivity contribution in [1.82, 2.24) is 0 Å². The van der Waals surface area contributed by atoms with Crippen LogP contribution in [-0.2, 0) is 14.3 Å². The van der Waals surface area contributed by atoms with Crippen LogP contribution in [0.4, 0.5) is 0 Å². The molecule has 0 saturated carbocycles. The largest absolute Gasteiger partial charge is 0.390 e. The summed E-state index contributed by atoms with van der Waals surface area (Å²) in [6.07, 6.45) is 23.2. The van der Waals surface area contributed by atoms with Gasteiger partial charge in [-0.25, -0.2) is 4.79 Å². The number of unbranched alkanes of at least 4 members (excludes halogenated alkanes) is 12. The van der Waals surface area contributed by atoms with Crippen LogP contribution in [0.1, 0.15) is 104 Å². The smallest absolute Gasteiger partial charge is 0.338 e. The topological polar surface area (TPSA) is 43.4 Å². The molecule has 0 aromatic rings. The van der Waals surface area contributed by atoms with E-state index in [-0.39, 0.29) is 0 Å². The Balaban J connectivity index is 3.32.